The van der Waals surface area contributed by atoms with Crippen molar-refractivity contribution < 1.29 is 4.74 Å². The Bertz CT molecular complexity index is 732. The van der Waals surface area contributed by atoms with Crippen LogP contribution in [-0.4, -0.2) is 6.61 Å². The maximum Gasteiger partial charge on any atom is 0.163 e. The van der Waals surface area contributed by atoms with Gasteiger partial charge in [0.15, 0.2) is 3.77 Å². The summed E-state index contributed by atoms with van der Waals surface area (Å²) in [7, 11) is -1.11. The van der Waals surface area contributed by atoms with Crippen molar-refractivity contribution in [2.45, 2.75) is 99.3 Å². The van der Waals surface area contributed by atoms with Crippen molar-refractivity contribution in [1.29, 1.82) is 0 Å². The summed E-state index contributed by atoms with van der Waals surface area (Å²) < 4.78 is 6.76. The van der Waals surface area contributed by atoms with Gasteiger partial charge in [0.05, 0.1) is 6.61 Å². The number of halogens is 2. The molecule has 0 bridgehead atoms. The van der Waals surface area contributed by atoms with E-state index in [1.54, 1.807) is 0 Å². The van der Waals surface area contributed by atoms with Gasteiger partial charge in [0.2, 0.25) is 0 Å². The normalized spacial score (nSPS) is 15.2. The molecule has 30 heavy (non-hydrogen) atoms. The van der Waals surface area contributed by atoms with Crippen LogP contribution in [0.1, 0.15) is 99.8 Å². The van der Waals surface area contributed by atoms with E-state index in [2.05, 4.69) is 116 Å². The van der Waals surface area contributed by atoms with Crippen molar-refractivity contribution in [2.75, 3.05) is 11.7 Å². The Hall–Kier alpha value is 0.0100. The molecule has 0 fully saturated rings. The lowest BCUT2D eigenvalue weighted by Gasteiger charge is -2.35. The largest absolute Gasteiger partial charge is 0.488 e. The highest BCUT2D eigenvalue weighted by atomic mass is 127. The summed E-state index contributed by atoms with van der Waals surface area (Å²) >= 11 is 9.38. The van der Waals surface area contributed by atoms with Crippen LogP contribution in [-0.2, 0) is 21.0 Å². The number of anilines is 1. The molecule has 172 valence electrons. The molecular weight excluding hydrogens is 524 g/mol. The number of nitrogens with one attached hydrogen (secondary N) is 1. The minimum absolute atomic E-state index is 0.00849. The van der Waals surface area contributed by atoms with E-state index in [0.717, 1.165) is 9.08 Å². The van der Waals surface area contributed by atoms with Crippen LogP contribution in [0.5, 0.6) is 0 Å². The SMILES string of the molecule is CCO/C(I)=C(\C(C)C)P(Cl)Nc1c(C(C)(C)C)cc(C(C)(C)C)cc1C(C)(C)C. The summed E-state index contributed by atoms with van der Waals surface area (Å²) in [4.78, 5) is 0. The van der Waals surface area contributed by atoms with Crippen LogP contribution in [0.25, 0.3) is 0 Å². The van der Waals surface area contributed by atoms with E-state index in [1.165, 1.54) is 22.4 Å². The fraction of sp³-hybridized carbons (Fsp3) is 0.680. The van der Waals surface area contributed by atoms with Gasteiger partial charge in [-0.25, -0.2) is 0 Å². The van der Waals surface area contributed by atoms with Gasteiger partial charge in [0, 0.05) is 11.0 Å². The molecular formula is C25H42ClINOP. The fourth-order valence-corrected chi connectivity index (χ4v) is 7.65. The number of hydrogen-bond acceptors (Lipinski definition) is 2. The van der Waals surface area contributed by atoms with Crippen molar-refractivity contribution in [3.8, 4) is 0 Å². The monoisotopic (exact) mass is 565 g/mol. The van der Waals surface area contributed by atoms with E-state index in [1.807, 2.05) is 6.92 Å². The molecule has 0 aliphatic carbocycles. The van der Waals surface area contributed by atoms with Gasteiger partial charge in [-0.3, -0.25) is 0 Å². The minimum Gasteiger partial charge on any atom is -0.488 e. The van der Waals surface area contributed by atoms with Crippen molar-refractivity contribution in [3.05, 3.63) is 37.9 Å². The Morgan fingerprint density at radius 3 is 1.70 bits per heavy atom. The van der Waals surface area contributed by atoms with Crippen LogP contribution in [0, 0.1) is 5.92 Å². The lowest BCUT2D eigenvalue weighted by Crippen LogP contribution is -2.23. The van der Waals surface area contributed by atoms with Gasteiger partial charge >= 0.3 is 0 Å². The molecule has 0 spiro atoms. The highest BCUT2D eigenvalue weighted by molar-refractivity contribution is 14.1. The molecule has 1 atom stereocenters. The highest BCUT2D eigenvalue weighted by Crippen LogP contribution is 2.57. The maximum atomic E-state index is 7.09. The van der Waals surface area contributed by atoms with Gasteiger partial charge in [-0.2, -0.15) is 0 Å². The van der Waals surface area contributed by atoms with Crippen LogP contribution in [0.4, 0.5) is 5.69 Å². The standard InChI is InChI=1S/C25H42ClINOP/c1-13-29-22(27)21(16(2)3)30(26)28-20-18(24(7,8)9)14-17(23(4,5)6)15-19(20)25(10,11)12/h14-16,28H,13H2,1-12H3/b22-21+. The molecule has 0 heterocycles. The molecule has 5 heteroatoms. The van der Waals surface area contributed by atoms with Gasteiger partial charge in [-0.15, -0.1) is 0 Å². The van der Waals surface area contributed by atoms with Crippen LogP contribution < -0.4 is 5.09 Å². The van der Waals surface area contributed by atoms with Gasteiger partial charge in [-0.05, 0) is 68.4 Å². The predicted molar refractivity (Wildman–Crippen MR) is 146 cm³/mol. The summed E-state index contributed by atoms with van der Waals surface area (Å²) in [6, 6.07) is 4.76. The number of ether oxygens (including phenoxy) is 1. The molecule has 0 amide bonds. The smallest absolute Gasteiger partial charge is 0.163 e. The summed E-state index contributed by atoms with van der Waals surface area (Å²) in [5.74, 6) is 0.310. The lowest BCUT2D eigenvalue weighted by molar-refractivity contribution is 0.260. The molecule has 1 aromatic carbocycles. The third kappa shape index (κ3) is 7.27. The molecule has 0 saturated heterocycles. The van der Waals surface area contributed by atoms with Gasteiger partial charge in [0.1, 0.15) is 7.43 Å². The molecule has 1 N–H and O–H groups in total. The minimum atomic E-state index is -1.11. The van der Waals surface area contributed by atoms with Crippen LogP contribution in [0.3, 0.4) is 0 Å². The summed E-state index contributed by atoms with van der Waals surface area (Å²) in [6.07, 6.45) is 0. The zero-order valence-electron chi connectivity index (χ0n) is 21.1. The Morgan fingerprint density at radius 1 is 0.967 bits per heavy atom. The van der Waals surface area contributed by atoms with E-state index in [9.17, 15) is 0 Å². The van der Waals surface area contributed by atoms with Crippen molar-refractivity contribution in [3.63, 3.8) is 0 Å². The number of hydrogen-bond donors (Lipinski definition) is 1. The first-order chi connectivity index (χ1) is 13.4. The zero-order valence-corrected chi connectivity index (χ0v) is 24.9. The summed E-state index contributed by atoms with van der Waals surface area (Å²) in [5.41, 5.74) is 5.26. The molecule has 1 aromatic rings. The average Bonchev–Trinajstić information content (AvgIpc) is 2.51. The van der Waals surface area contributed by atoms with Crippen LogP contribution in [0.2, 0.25) is 0 Å². The van der Waals surface area contributed by atoms with Crippen LogP contribution >= 0.6 is 41.3 Å². The summed E-state index contributed by atoms with van der Waals surface area (Å²) in [5, 5.41) is 4.94. The van der Waals surface area contributed by atoms with E-state index < -0.39 is 7.43 Å². The quantitative estimate of drug-likeness (QED) is 0.210. The van der Waals surface area contributed by atoms with E-state index >= 15 is 0 Å². The molecule has 0 radical (unpaired) electrons. The van der Waals surface area contributed by atoms with E-state index in [0.29, 0.717) is 12.5 Å². The van der Waals surface area contributed by atoms with E-state index in [-0.39, 0.29) is 16.2 Å². The second-order valence-electron chi connectivity index (χ2n) is 11.3. The molecule has 0 saturated carbocycles. The molecule has 0 aromatic heterocycles. The first-order valence-electron chi connectivity index (χ1n) is 10.9. The number of benzene rings is 1. The number of rotatable bonds is 6. The third-order valence-corrected chi connectivity index (χ3v) is 8.74. The molecule has 1 unspecified atom stereocenters. The Kier molecular flexibility index (Phi) is 9.63. The third-order valence-electron chi connectivity index (χ3n) is 5.06. The fourth-order valence-electron chi connectivity index (χ4n) is 3.27. The highest BCUT2D eigenvalue weighted by Gasteiger charge is 2.31. The topological polar surface area (TPSA) is 21.3 Å². The van der Waals surface area contributed by atoms with Gasteiger partial charge in [0.25, 0.3) is 0 Å². The second-order valence-corrected chi connectivity index (χ2v) is 14.6. The second kappa shape index (κ2) is 10.3. The van der Waals surface area contributed by atoms with Gasteiger partial charge < -0.3 is 9.82 Å². The van der Waals surface area contributed by atoms with Crippen molar-refractivity contribution in [2.24, 2.45) is 5.92 Å². The Balaban J connectivity index is 3.77. The van der Waals surface area contributed by atoms with Gasteiger partial charge in [-0.1, -0.05) is 99.5 Å². The summed E-state index contributed by atoms with van der Waals surface area (Å²) in [6.45, 7) is 27.6. The molecule has 1 rings (SSSR count). The lowest BCUT2D eigenvalue weighted by atomic mass is 9.74. The number of allylic oxidation sites excluding steroid dienone is 1. The zero-order chi connectivity index (χ0) is 23.7. The predicted octanol–water partition coefficient (Wildman–Crippen LogP) is 9.84. The first kappa shape index (κ1) is 28.0. The maximum absolute atomic E-state index is 7.09. The molecule has 0 aliphatic heterocycles. The molecule has 2 nitrogen and oxygen atoms in total. The first-order valence-corrected chi connectivity index (χ1v) is 14.2. The Labute approximate surface area is 205 Å². The van der Waals surface area contributed by atoms with Crippen molar-refractivity contribution >= 4 is 46.9 Å². The van der Waals surface area contributed by atoms with Crippen molar-refractivity contribution in [1.82, 2.24) is 0 Å². The molecule has 0 aliphatic rings. The van der Waals surface area contributed by atoms with E-state index in [4.69, 9.17) is 16.0 Å². The van der Waals surface area contributed by atoms with Crippen LogP contribution in [0.15, 0.2) is 21.2 Å². The average molecular weight is 566 g/mol. The Morgan fingerprint density at radius 2 is 1.40 bits per heavy atom.